The van der Waals surface area contributed by atoms with E-state index in [0.29, 0.717) is 0 Å². The molecule has 0 aromatic heterocycles. The third-order valence-corrected chi connectivity index (χ3v) is 2.79. The summed E-state index contributed by atoms with van der Waals surface area (Å²) in [5, 5.41) is 0.783. The lowest BCUT2D eigenvalue weighted by Gasteiger charge is -2.02. The predicted molar refractivity (Wildman–Crippen MR) is 70.8 cm³/mol. The van der Waals surface area contributed by atoms with Crippen LogP contribution >= 0.6 is 11.6 Å². The highest BCUT2D eigenvalue weighted by Gasteiger charge is 1.96. The highest BCUT2D eigenvalue weighted by molar-refractivity contribution is 6.30. The van der Waals surface area contributed by atoms with Gasteiger partial charge in [0.15, 0.2) is 0 Å². The average Bonchev–Trinajstić information content (AvgIpc) is 2.33. The second-order valence-electron chi connectivity index (χ2n) is 3.75. The Kier molecular flexibility index (Phi) is 3.43. The van der Waals surface area contributed by atoms with Crippen molar-refractivity contribution in [3.8, 4) is 0 Å². The van der Waals surface area contributed by atoms with E-state index < -0.39 is 0 Å². The molecule has 0 unspecified atom stereocenters. The highest BCUT2D eigenvalue weighted by atomic mass is 35.5. The molecule has 2 aromatic rings. The molecule has 80 valence electrons. The van der Waals surface area contributed by atoms with Crippen molar-refractivity contribution in [1.29, 1.82) is 0 Å². The fourth-order valence-corrected chi connectivity index (χ4v) is 1.74. The third kappa shape index (κ3) is 2.74. The monoisotopic (exact) mass is 228 g/mol. The summed E-state index contributed by atoms with van der Waals surface area (Å²) in [6.45, 7) is 3.74. The normalized spacial score (nSPS) is 10.1. The first-order chi connectivity index (χ1) is 7.78. The van der Waals surface area contributed by atoms with Crippen LogP contribution < -0.4 is 0 Å². The third-order valence-electron chi connectivity index (χ3n) is 2.54. The van der Waals surface area contributed by atoms with Crippen LogP contribution in [-0.4, -0.2) is 0 Å². The molecule has 0 saturated heterocycles. The summed E-state index contributed by atoms with van der Waals surface area (Å²) in [5.41, 5.74) is 3.73. The summed E-state index contributed by atoms with van der Waals surface area (Å²) < 4.78 is 0. The summed E-state index contributed by atoms with van der Waals surface area (Å²) in [7, 11) is 0. The van der Waals surface area contributed by atoms with E-state index in [2.05, 4.69) is 43.0 Å². The molecular weight excluding hydrogens is 216 g/mol. The summed E-state index contributed by atoms with van der Waals surface area (Å²) in [6, 6.07) is 16.4. The van der Waals surface area contributed by atoms with Crippen LogP contribution in [0.4, 0.5) is 0 Å². The van der Waals surface area contributed by atoms with Crippen molar-refractivity contribution in [3.63, 3.8) is 0 Å². The molecular formula is C15H13Cl. The minimum Gasteiger partial charge on any atom is -0.0985 e. The zero-order valence-corrected chi connectivity index (χ0v) is 9.74. The Balaban J connectivity index is 2.14. The number of hydrogen-bond donors (Lipinski definition) is 0. The molecule has 0 spiro atoms. The summed E-state index contributed by atoms with van der Waals surface area (Å²) in [5.74, 6) is 0. The summed E-state index contributed by atoms with van der Waals surface area (Å²) in [6.07, 6.45) is 2.79. The zero-order valence-electron chi connectivity index (χ0n) is 8.99. The van der Waals surface area contributed by atoms with Crippen LogP contribution in [0.15, 0.2) is 55.1 Å². The summed E-state index contributed by atoms with van der Waals surface area (Å²) >= 11 is 5.84. The van der Waals surface area contributed by atoms with Gasteiger partial charge < -0.3 is 0 Å². The van der Waals surface area contributed by atoms with Gasteiger partial charge >= 0.3 is 0 Å². The van der Waals surface area contributed by atoms with Gasteiger partial charge in [0.05, 0.1) is 0 Å². The number of hydrogen-bond acceptors (Lipinski definition) is 0. The quantitative estimate of drug-likeness (QED) is 0.722. The Bertz CT molecular complexity index is 466. The molecule has 1 heteroatoms. The Morgan fingerprint density at radius 2 is 1.38 bits per heavy atom. The van der Waals surface area contributed by atoms with E-state index in [0.717, 1.165) is 17.0 Å². The molecule has 2 aromatic carbocycles. The molecule has 0 aliphatic heterocycles. The van der Waals surface area contributed by atoms with Crippen LogP contribution in [0.1, 0.15) is 16.7 Å². The number of benzene rings is 2. The number of halogens is 1. The smallest absolute Gasteiger partial charge is 0.0406 e. The van der Waals surface area contributed by atoms with Crippen molar-refractivity contribution in [2.24, 2.45) is 0 Å². The van der Waals surface area contributed by atoms with Crippen LogP contribution in [0.2, 0.25) is 5.02 Å². The van der Waals surface area contributed by atoms with Crippen LogP contribution in [0.25, 0.3) is 6.08 Å². The minimum atomic E-state index is 0.783. The van der Waals surface area contributed by atoms with Gasteiger partial charge in [0.1, 0.15) is 0 Å². The highest BCUT2D eigenvalue weighted by Crippen LogP contribution is 2.14. The molecule has 0 heterocycles. The second kappa shape index (κ2) is 5.00. The van der Waals surface area contributed by atoms with E-state index >= 15 is 0 Å². The molecule has 0 fully saturated rings. The van der Waals surface area contributed by atoms with Gasteiger partial charge in [0, 0.05) is 5.02 Å². The average molecular weight is 229 g/mol. The van der Waals surface area contributed by atoms with Gasteiger partial charge in [-0.05, 0) is 35.2 Å². The van der Waals surface area contributed by atoms with E-state index in [-0.39, 0.29) is 0 Å². The maximum absolute atomic E-state index is 5.84. The van der Waals surface area contributed by atoms with Gasteiger partial charge in [0.2, 0.25) is 0 Å². The maximum Gasteiger partial charge on any atom is 0.0406 e. The van der Waals surface area contributed by atoms with Gasteiger partial charge in [-0.2, -0.15) is 0 Å². The van der Waals surface area contributed by atoms with Gasteiger partial charge in [-0.1, -0.05) is 60.7 Å². The van der Waals surface area contributed by atoms with Crippen molar-refractivity contribution in [2.75, 3.05) is 0 Å². The lowest BCUT2D eigenvalue weighted by atomic mass is 10.0. The van der Waals surface area contributed by atoms with Crippen molar-refractivity contribution < 1.29 is 0 Å². The minimum absolute atomic E-state index is 0.783. The molecule has 16 heavy (non-hydrogen) atoms. The van der Waals surface area contributed by atoms with Crippen LogP contribution in [0.5, 0.6) is 0 Å². The fraction of sp³-hybridized carbons (Fsp3) is 0.0667. The molecule has 0 nitrogen and oxygen atoms in total. The van der Waals surface area contributed by atoms with E-state index in [1.807, 2.05) is 18.2 Å². The second-order valence-corrected chi connectivity index (χ2v) is 4.19. The molecule has 0 atom stereocenters. The van der Waals surface area contributed by atoms with Crippen molar-refractivity contribution >= 4 is 17.7 Å². The van der Waals surface area contributed by atoms with Crippen LogP contribution in [-0.2, 0) is 6.42 Å². The van der Waals surface area contributed by atoms with Crippen molar-refractivity contribution in [3.05, 3.63) is 76.8 Å². The largest absolute Gasteiger partial charge is 0.0985 e. The molecule has 0 aliphatic rings. The molecule has 0 radical (unpaired) electrons. The molecule has 0 N–H and O–H groups in total. The lowest BCUT2D eigenvalue weighted by Crippen LogP contribution is -1.87. The van der Waals surface area contributed by atoms with Gasteiger partial charge in [-0.15, -0.1) is 0 Å². The molecule has 0 aliphatic carbocycles. The maximum atomic E-state index is 5.84. The Morgan fingerprint density at radius 3 is 1.88 bits per heavy atom. The molecule has 0 saturated carbocycles. The Labute approximate surface area is 101 Å². The predicted octanol–water partition coefficient (Wildman–Crippen LogP) is 4.57. The topological polar surface area (TPSA) is 0 Å². The standard InChI is InChI=1S/C15H13Cl/c1-2-12-3-5-13(6-4-12)11-14-7-9-15(16)10-8-14/h2-10H,1,11H2. The first kappa shape index (κ1) is 11.0. The fourth-order valence-electron chi connectivity index (χ4n) is 1.61. The molecule has 2 rings (SSSR count). The zero-order chi connectivity index (χ0) is 11.4. The van der Waals surface area contributed by atoms with E-state index in [4.69, 9.17) is 11.6 Å². The lowest BCUT2D eigenvalue weighted by molar-refractivity contribution is 1.19. The number of rotatable bonds is 3. The van der Waals surface area contributed by atoms with Crippen molar-refractivity contribution in [1.82, 2.24) is 0 Å². The van der Waals surface area contributed by atoms with E-state index in [9.17, 15) is 0 Å². The van der Waals surface area contributed by atoms with Crippen LogP contribution in [0.3, 0.4) is 0 Å². The first-order valence-electron chi connectivity index (χ1n) is 5.24. The van der Waals surface area contributed by atoms with E-state index in [1.54, 1.807) is 0 Å². The Morgan fingerprint density at radius 1 is 0.875 bits per heavy atom. The molecule has 0 amide bonds. The Hall–Kier alpha value is -1.53. The SMILES string of the molecule is C=Cc1ccc(Cc2ccc(Cl)cc2)cc1. The molecule has 0 bridgehead atoms. The van der Waals surface area contributed by atoms with E-state index in [1.165, 1.54) is 11.1 Å². The first-order valence-corrected chi connectivity index (χ1v) is 5.61. The van der Waals surface area contributed by atoms with Crippen LogP contribution in [0, 0.1) is 0 Å². The van der Waals surface area contributed by atoms with Crippen molar-refractivity contribution in [2.45, 2.75) is 6.42 Å². The van der Waals surface area contributed by atoms with Gasteiger partial charge in [-0.25, -0.2) is 0 Å². The van der Waals surface area contributed by atoms with Gasteiger partial charge in [0.25, 0.3) is 0 Å². The summed E-state index contributed by atoms with van der Waals surface area (Å²) in [4.78, 5) is 0. The van der Waals surface area contributed by atoms with Gasteiger partial charge in [-0.3, -0.25) is 0 Å².